The van der Waals surface area contributed by atoms with Crippen LogP contribution in [0.5, 0.6) is 5.88 Å². The van der Waals surface area contributed by atoms with Gasteiger partial charge in [0.15, 0.2) is 5.65 Å². The van der Waals surface area contributed by atoms with Gasteiger partial charge in [-0.3, -0.25) is 0 Å². The molecule has 1 aromatic carbocycles. The number of hydrogen-bond donors (Lipinski definition) is 1. The molecule has 0 aliphatic heterocycles. The number of pyridine rings is 1. The van der Waals surface area contributed by atoms with E-state index < -0.39 is 11.7 Å². The predicted molar refractivity (Wildman–Crippen MR) is 70.9 cm³/mol. The van der Waals surface area contributed by atoms with Crippen molar-refractivity contribution >= 4 is 11.2 Å². The predicted octanol–water partition coefficient (Wildman–Crippen LogP) is 3.65. The van der Waals surface area contributed by atoms with Gasteiger partial charge < -0.3 is 9.72 Å². The molecule has 21 heavy (non-hydrogen) atoms. The lowest BCUT2D eigenvalue weighted by Crippen LogP contribution is -2.04. The molecule has 0 spiro atoms. The van der Waals surface area contributed by atoms with Crippen LogP contribution < -0.4 is 4.74 Å². The number of methoxy groups -OCH3 is 1. The summed E-state index contributed by atoms with van der Waals surface area (Å²) in [6.07, 6.45) is -4.39. The van der Waals surface area contributed by atoms with E-state index in [2.05, 4.69) is 15.0 Å². The summed E-state index contributed by atoms with van der Waals surface area (Å²) in [6, 6.07) is 8.34. The van der Waals surface area contributed by atoms with Crippen LogP contribution in [0.15, 0.2) is 36.4 Å². The summed E-state index contributed by atoms with van der Waals surface area (Å²) in [5, 5.41) is 0. The zero-order valence-corrected chi connectivity index (χ0v) is 10.9. The molecule has 1 N–H and O–H groups in total. The van der Waals surface area contributed by atoms with Gasteiger partial charge in [0.05, 0.1) is 18.2 Å². The Bertz CT molecular complexity index is 796. The van der Waals surface area contributed by atoms with Gasteiger partial charge in [0, 0.05) is 11.6 Å². The average Bonchev–Trinajstić information content (AvgIpc) is 2.89. The van der Waals surface area contributed by atoms with E-state index in [0.717, 1.165) is 12.1 Å². The lowest BCUT2D eigenvalue weighted by Gasteiger charge is -2.07. The van der Waals surface area contributed by atoms with Crippen molar-refractivity contribution < 1.29 is 17.9 Å². The number of H-pyrrole nitrogens is 1. The number of halogens is 3. The Hall–Kier alpha value is -2.57. The van der Waals surface area contributed by atoms with Crippen molar-refractivity contribution in [3.8, 4) is 17.3 Å². The van der Waals surface area contributed by atoms with E-state index in [0.29, 0.717) is 28.4 Å². The molecule has 7 heteroatoms. The maximum atomic E-state index is 12.7. The van der Waals surface area contributed by atoms with Gasteiger partial charge in [0.1, 0.15) is 5.82 Å². The Morgan fingerprint density at radius 3 is 2.62 bits per heavy atom. The fraction of sp³-hybridized carbons (Fsp3) is 0.143. The number of nitrogens with one attached hydrogen (secondary N) is 1. The average molecular weight is 293 g/mol. The summed E-state index contributed by atoms with van der Waals surface area (Å²) >= 11 is 0. The van der Waals surface area contributed by atoms with Crippen LogP contribution in [0, 0.1) is 0 Å². The number of aromatic amines is 1. The maximum Gasteiger partial charge on any atom is 0.416 e. The second-order valence-corrected chi connectivity index (χ2v) is 4.39. The van der Waals surface area contributed by atoms with Crippen LogP contribution >= 0.6 is 0 Å². The van der Waals surface area contributed by atoms with E-state index in [9.17, 15) is 13.2 Å². The molecule has 0 unspecified atom stereocenters. The summed E-state index contributed by atoms with van der Waals surface area (Å²) in [4.78, 5) is 11.3. The molecule has 4 nitrogen and oxygen atoms in total. The number of rotatable bonds is 2. The molecule has 0 saturated heterocycles. The molecule has 0 fully saturated rings. The van der Waals surface area contributed by atoms with Gasteiger partial charge in [0.25, 0.3) is 0 Å². The summed E-state index contributed by atoms with van der Waals surface area (Å²) in [6.45, 7) is 0. The van der Waals surface area contributed by atoms with E-state index in [1.165, 1.54) is 13.2 Å². The third kappa shape index (κ3) is 2.54. The third-order valence-electron chi connectivity index (χ3n) is 2.99. The molecule has 0 aliphatic carbocycles. The minimum absolute atomic E-state index is 0.330. The number of alkyl halides is 3. The Kier molecular flexibility index (Phi) is 3.04. The lowest BCUT2D eigenvalue weighted by atomic mass is 10.1. The monoisotopic (exact) mass is 293 g/mol. The zero-order valence-electron chi connectivity index (χ0n) is 10.9. The molecule has 0 amide bonds. The van der Waals surface area contributed by atoms with Crippen LogP contribution in [-0.2, 0) is 6.18 Å². The number of fused-ring (bicyclic) bond motifs is 1. The quantitative estimate of drug-likeness (QED) is 0.784. The molecule has 0 radical (unpaired) electrons. The smallest absolute Gasteiger partial charge is 0.416 e. The second kappa shape index (κ2) is 4.76. The Balaban J connectivity index is 2.08. The van der Waals surface area contributed by atoms with Crippen LogP contribution in [0.1, 0.15) is 5.56 Å². The highest BCUT2D eigenvalue weighted by Crippen LogP contribution is 2.31. The molecule has 0 bridgehead atoms. The number of ether oxygens (including phenoxy) is 1. The summed E-state index contributed by atoms with van der Waals surface area (Å²) in [5.74, 6) is 0.724. The first-order valence-corrected chi connectivity index (χ1v) is 6.06. The van der Waals surface area contributed by atoms with Gasteiger partial charge in [-0.25, -0.2) is 4.98 Å². The van der Waals surface area contributed by atoms with Crippen molar-refractivity contribution in [3.05, 3.63) is 42.0 Å². The van der Waals surface area contributed by atoms with Crippen LogP contribution in [0.2, 0.25) is 0 Å². The summed E-state index contributed by atoms with van der Waals surface area (Å²) in [5.41, 5.74) is 0.651. The Labute approximate surface area is 117 Å². The van der Waals surface area contributed by atoms with E-state index in [4.69, 9.17) is 4.74 Å². The first-order chi connectivity index (χ1) is 9.97. The van der Waals surface area contributed by atoms with E-state index >= 15 is 0 Å². The molecule has 2 aromatic heterocycles. The minimum Gasteiger partial charge on any atom is -0.481 e. The number of hydrogen-bond acceptors (Lipinski definition) is 3. The van der Waals surface area contributed by atoms with Gasteiger partial charge >= 0.3 is 6.18 Å². The first-order valence-electron chi connectivity index (χ1n) is 6.06. The maximum absolute atomic E-state index is 12.7. The summed E-state index contributed by atoms with van der Waals surface area (Å²) < 4.78 is 43.2. The van der Waals surface area contributed by atoms with Gasteiger partial charge in [-0.05, 0) is 18.2 Å². The zero-order chi connectivity index (χ0) is 15.0. The second-order valence-electron chi connectivity index (χ2n) is 4.39. The standard InChI is InChI=1S/C14H10F3N3O/c1-21-11-6-5-10-13(19-11)20-12(18-10)8-3-2-4-9(7-8)14(15,16)17/h2-7H,1H3,(H,18,19,20). The summed E-state index contributed by atoms with van der Waals surface area (Å²) in [7, 11) is 1.48. The SMILES string of the molecule is COc1ccc2[nH]c(-c3cccc(C(F)(F)F)c3)nc2n1. The van der Waals surface area contributed by atoms with Crippen molar-refractivity contribution in [1.29, 1.82) is 0 Å². The molecule has 0 aliphatic rings. The third-order valence-corrected chi connectivity index (χ3v) is 2.99. The highest BCUT2D eigenvalue weighted by Gasteiger charge is 2.30. The van der Waals surface area contributed by atoms with Crippen molar-refractivity contribution in [2.24, 2.45) is 0 Å². The number of benzene rings is 1. The highest BCUT2D eigenvalue weighted by molar-refractivity contribution is 5.76. The van der Waals surface area contributed by atoms with Crippen molar-refractivity contribution in [2.45, 2.75) is 6.18 Å². The number of imidazole rings is 1. The van der Waals surface area contributed by atoms with Crippen LogP contribution in [0.25, 0.3) is 22.6 Å². The largest absolute Gasteiger partial charge is 0.481 e. The first kappa shape index (κ1) is 13.4. The van der Waals surface area contributed by atoms with E-state index in [-0.39, 0.29) is 0 Å². The van der Waals surface area contributed by atoms with Crippen molar-refractivity contribution in [3.63, 3.8) is 0 Å². The van der Waals surface area contributed by atoms with Gasteiger partial charge in [-0.2, -0.15) is 18.2 Å². The van der Waals surface area contributed by atoms with Crippen molar-refractivity contribution in [1.82, 2.24) is 15.0 Å². The molecular weight excluding hydrogens is 283 g/mol. The van der Waals surface area contributed by atoms with Crippen molar-refractivity contribution in [2.75, 3.05) is 7.11 Å². The van der Waals surface area contributed by atoms with Crippen LogP contribution in [-0.4, -0.2) is 22.1 Å². The Morgan fingerprint density at radius 1 is 1.10 bits per heavy atom. The normalized spacial score (nSPS) is 11.8. The van der Waals surface area contributed by atoms with Crippen LogP contribution in [0.4, 0.5) is 13.2 Å². The number of aromatic nitrogens is 3. The molecular formula is C14H10F3N3O. The number of nitrogens with zero attached hydrogens (tertiary/aromatic N) is 2. The Morgan fingerprint density at radius 2 is 1.90 bits per heavy atom. The fourth-order valence-corrected chi connectivity index (χ4v) is 1.97. The van der Waals surface area contributed by atoms with E-state index in [1.54, 1.807) is 18.2 Å². The van der Waals surface area contributed by atoms with Crippen LogP contribution in [0.3, 0.4) is 0 Å². The molecule has 3 rings (SSSR count). The fourth-order valence-electron chi connectivity index (χ4n) is 1.97. The molecule has 0 saturated carbocycles. The van der Waals surface area contributed by atoms with E-state index in [1.807, 2.05) is 0 Å². The topological polar surface area (TPSA) is 50.8 Å². The minimum atomic E-state index is -4.39. The van der Waals surface area contributed by atoms with Gasteiger partial charge in [-0.15, -0.1) is 0 Å². The molecule has 0 atom stereocenters. The molecule has 108 valence electrons. The molecule has 2 heterocycles. The highest BCUT2D eigenvalue weighted by atomic mass is 19.4. The lowest BCUT2D eigenvalue weighted by molar-refractivity contribution is -0.137. The van der Waals surface area contributed by atoms with Gasteiger partial charge in [-0.1, -0.05) is 12.1 Å². The molecule has 3 aromatic rings. The van der Waals surface area contributed by atoms with Gasteiger partial charge in [0.2, 0.25) is 5.88 Å².